The van der Waals surface area contributed by atoms with Crippen molar-refractivity contribution in [1.29, 1.82) is 0 Å². The minimum absolute atomic E-state index is 0.0000463. The Morgan fingerprint density at radius 3 is 3.07 bits per heavy atom. The number of carbonyl (C=O) groups excluding carboxylic acids is 1. The SMILES string of the molecule is CC(=O)[C@@H]1[C@H](CCCO)ON2CCC[C@@H]12. The van der Waals surface area contributed by atoms with E-state index in [1.54, 1.807) is 6.92 Å². The average molecular weight is 213 g/mol. The molecule has 4 heteroatoms. The van der Waals surface area contributed by atoms with E-state index in [2.05, 4.69) is 0 Å². The van der Waals surface area contributed by atoms with Crippen molar-refractivity contribution in [3.63, 3.8) is 0 Å². The second kappa shape index (κ2) is 4.60. The largest absolute Gasteiger partial charge is 0.396 e. The molecule has 4 nitrogen and oxygen atoms in total. The van der Waals surface area contributed by atoms with Crippen LogP contribution in [0.4, 0.5) is 0 Å². The summed E-state index contributed by atoms with van der Waals surface area (Å²) in [7, 11) is 0. The van der Waals surface area contributed by atoms with Crippen LogP contribution in [0.15, 0.2) is 0 Å². The molecule has 2 rings (SSSR count). The van der Waals surface area contributed by atoms with Gasteiger partial charge in [0.25, 0.3) is 0 Å². The quantitative estimate of drug-likeness (QED) is 0.748. The maximum absolute atomic E-state index is 11.6. The molecule has 0 amide bonds. The first-order valence-corrected chi connectivity index (χ1v) is 5.78. The van der Waals surface area contributed by atoms with Gasteiger partial charge < -0.3 is 5.11 Å². The van der Waals surface area contributed by atoms with E-state index in [-0.39, 0.29) is 24.4 Å². The van der Waals surface area contributed by atoms with Crippen LogP contribution < -0.4 is 0 Å². The van der Waals surface area contributed by atoms with E-state index < -0.39 is 0 Å². The fraction of sp³-hybridized carbons (Fsp3) is 0.909. The first kappa shape index (κ1) is 11.0. The number of hydrogen-bond donors (Lipinski definition) is 1. The van der Waals surface area contributed by atoms with E-state index in [0.29, 0.717) is 6.04 Å². The van der Waals surface area contributed by atoms with E-state index >= 15 is 0 Å². The zero-order valence-electron chi connectivity index (χ0n) is 9.19. The van der Waals surface area contributed by atoms with E-state index in [1.165, 1.54) is 0 Å². The molecule has 2 fully saturated rings. The zero-order chi connectivity index (χ0) is 10.8. The lowest BCUT2D eigenvalue weighted by molar-refractivity contribution is -0.151. The predicted molar refractivity (Wildman–Crippen MR) is 55.1 cm³/mol. The third-order valence-electron chi connectivity index (χ3n) is 3.45. The molecule has 0 aromatic carbocycles. The number of nitrogens with zero attached hydrogens (tertiary/aromatic N) is 1. The molecule has 0 saturated carbocycles. The molecule has 0 unspecified atom stereocenters. The molecule has 1 N–H and O–H groups in total. The summed E-state index contributed by atoms with van der Waals surface area (Å²) in [6.07, 6.45) is 3.70. The van der Waals surface area contributed by atoms with E-state index in [0.717, 1.165) is 32.2 Å². The van der Waals surface area contributed by atoms with Gasteiger partial charge in [-0.3, -0.25) is 9.63 Å². The van der Waals surface area contributed by atoms with Crippen molar-refractivity contribution in [2.24, 2.45) is 5.92 Å². The molecule has 2 heterocycles. The summed E-state index contributed by atoms with van der Waals surface area (Å²) in [5.74, 6) is 0.256. The lowest BCUT2D eigenvalue weighted by atomic mass is 9.88. The first-order chi connectivity index (χ1) is 7.24. The summed E-state index contributed by atoms with van der Waals surface area (Å²) in [6, 6.07) is 0.297. The molecule has 0 aromatic heterocycles. The highest BCUT2D eigenvalue weighted by molar-refractivity contribution is 5.80. The molecule has 2 aliphatic rings. The Bertz CT molecular complexity index is 244. The fourth-order valence-electron chi connectivity index (χ4n) is 2.80. The third kappa shape index (κ3) is 2.07. The Kier molecular flexibility index (Phi) is 3.38. The third-order valence-corrected chi connectivity index (χ3v) is 3.45. The van der Waals surface area contributed by atoms with Crippen molar-refractivity contribution < 1.29 is 14.7 Å². The minimum Gasteiger partial charge on any atom is -0.396 e. The molecule has 15 heavy (non-hydrogen) atoms. The van der Waals surface area contributed by atoms with Gasteiger partial charge in [-0.15, -0.1) is 0 Å². The van der Waals surface area contributed by atoms with Crippen LogP contribution in [0.1, 0.15) is 32.6 Å². The van der Waals surface area contributed by atoms with E-state index in [1.807, 2.05) is 5.06 Å². The zero-order valence-corrected chi connectivity index (χ0v) is 9.19. The molecular weight excluding hydrogens is 194 g/mol. The number of hydroxylamine groups is 2. The summed E-state index contributed by atoms with van der Waals surface area (Å²) in [6.45, 7) is 2.78. The predicted octanol–water partition coefficient (Wildman–Crippen LogP) is 0.742. The number of aliphatic hydroxyl groups excluding tert-OH is 1. The summed E-state index contributed by atoms with van der Waals surface area (Å²) in [5.41, 5.74) is 0. The van der Waals surface area contributed by atoms with Gasteiger partial charge in [0.2, 0.25) is 0 Å². The molecule has 2 saturated heterocycles. The second-order valence-corrected chi connectivity index (χ2v) is 4.50. The highest BCUT2D eigenvalue weighted by atomic mass is 16.7. The maximum Gasteiger partial charge on any atom is 0.137 e. The number of aliphatic hydroxyl groups is 1. The Morgan fingerprint density at radius 2 is 2.40 bits per heavy atom. The number of fused-ring (bicyclic) bond motifs is 1. The summed E-state index contributed by atoms with van der Waals surface area (Å²) in [4.78, 5) is 17.4. The van der Waals surface area contributed by atoms with Crippen LogP contribution in [0, 0.1) is 5.92 Å². The molecule has 86 valence electrons. The first-order valence-electron chi connectivity index (χ1n) is 5.78. The second-order valence-electron chi connectivity index (χ2n) is 4.50. The van der Waals surface area contributed by atoms with E-state index in [9.17, 15) is 4.79 Å². The van der Waals surface area contributed by atoms with Crippen LogP contribution in [0.25, 0.3) is 0 Å². The molecule has 0 radical (unpaired) electrons. The van der Waals surface area contributed by atoms with Crippen LogP contribution in [0.3, 0.4) is 0 Å². The molecule has 3 atom stereocenters. The normalized spacial score (nSPS) is 35.7. The molecule has 2 aliphatic heterocycles. The lowest BCUT2D eigenvalue weighted by Gasteiger charge is -2.16. The van der Waals surface area contributed by atoms with Crippen molar-refractivity contribution >= 4 is 5.78 Å². The molecule has 0 aliphatic carbocycles. The summed E-state index contributed by atoms with van der Waals surface area (Å²) in [5, 5.41) is 10.8. The lowest BCUT2D eigenvalue weighted by Crippen LogP contribution is -2.31. The summed E-state index contributed by atoms with van der Waals surface area (Å²) >= 11 is 0. The van der Waals surface area contributed by atoms with Crippen molar-refractivity contribution in [3.8, 4) is 0 Å². The van der Waals surface area contributed by atoms with Gasteiger partial charge in [-0.1, -0.05) is 0 Å². The Labute approximate surface area is 90.2 Å². The Balaban J connectivity index is 2.02. The van der Waals surface area contributed by atoms with Gasteiger partial charge in [0, 0.05) is 19.2 Å². The molecule has 0 spiro atoms. The number of carbonyl (C=O) groups is 1. The van der Waals surface area contributed by atoms with Gasteiger partial charge >= 0.3 is 0 Å². The highest BCUT2D eigenvalue weighted by Gasteiger charge is 2.47. The van der Waals surface area contributed by atoms with Gasteiger partial charge in [-0.05, 0) is 32.6 Å². The van der Waals surface area contributed by atoms with Crippen LogP contribution in [-0.4, -0.2) is 41.3 Å². The standard InChI is InChI=1S/C11H19NO3/c1-8(14)11-9-4-2-6-12(9)15-10(11)5-3-7-13/h9-11,13H,2-7H2,1H3/t9-,10-,11-/m0/s1. The summed E-state index contributed by atoms with van der Waals surface area (Å²) < 4.78 is 0. The van der Waals surface area contributed by atoms with Crippen molar-refractivity contribution in [2.45, 2.75) is 44.8 Å². The van der Waals surface area contributed by atoms with Crippen molar-refractivity contribution in [3.05, 3.63) is 0 Å². The highest BCUT2D eigenvalue weighted by Crippen LogP contribution is 2.37. The van der Waals surface area contributed by atoms with Crippen LogP contribution >= 0.6 is 0 Å². The smallest absolute Gasteiger partial charge is 0.137 e. The number of hydrogen-bond acceptors (Lipinski definition) is 4. The number of ketones is 1. The van der Waals surface area contributed by atoms with Gasteiger partial charge in [-0.2, -0.15) is 5.06 Å². The van der Waals surface area contributed by atoms with Crippen LogP contribution in [0.2, 0.25) is 0 Å². The topological polar surface area (TPSA) is 49.8 Å². The average Bonchev–Trinajstić information content (AvgIpc) is 2.72. The molecule has 0 bridgehead atoms. The maximum atomic E-state index is 11.6. The molecule has 0 aromatic rings. The number of Topliss-reactive ketones (excluding diaryl/α,β-unsaturated/α-hetero) is 1. The van der Waals surface area contributed by atoms with Crippen molar-refractivity contribution in [2.75, 3.05) is 13.2 Å². The monoisotopic (exact) mass is 213 g/mol. The van der Waals surface area contributed by atoms with Gasteiger partial charge in [-0.25, -0.2) is 0 Å². The van der Waals surface area contributed by atoms with Crippen LogP contribution in [0.5, 0.6) is 0 Å². The van der Waals surface area contributed by atoms with Gasteiger partial charge in [0.15, 0.2) is 0 Å². The van der Waals surface area contributed by atoms with E-state index in [4.69, 9.17) is 9.94 Å². The van der Waals surface area contributed by atoms with Gasteiger partial charge in [0.05, 0.1) is 12.0 Å². The Morgan fingerprint density at radius 1 is 1.60 bits per heavy atom. The van der Waals surface area contributed by atoms with Gasteiger partial charge in [0.1, 0.15) is 5.78 Å². The van der Waals surface area contributed by atoms with Crippen LogP contribution in [-0.2, 0) is 9.63 Å². The number of rotatable bonds is 4. The molecular formula is C11H19NO3. The minimum atomic E-state index is -0.0000463. The van der Waals surface area contributed by atoms with Crippen molar-refractivity contribution in [1.82, 2.24) is 5.06 Å². The Hall–Kier alpha value is -0.450. The fourth-order valence-corrected chi connectivity index (χ4v) is 2.80.